The Kier molecular flexibility index (Phi) is 10.7. The average molecular weight is 745 g/mol. The molecule has 0 aromatic carbocycles. The predicted molar refractivity (Wildman–Crippen MR) is 196 cm³/mol. The molecule has 1 saturated heterocycles. The molecule has 1 heterocycles. The Morgan fingerprint density at radius 1 is 0.868 bits per heavy atom. The van der Waals surface area contributed by atoms with Crippen molar-refractivity contribution in [3.63, 3.8) is 0 Å². The molecular formula is C43H65FO9. The van der Waals surface area contributed by atoms with Crippen molar-refractivity contribution in [3.05, 3.63) is 11.6 Å². The largest absolute Gasteiger partial charge is 0.456 e. The number of aliphatic hydroxyl groups excluding tert-OH is 1. The highest BCUT2D eigenvalue weighted by Crippen LogP contribution is 2.76. The summed E-state index contributed by atoms with van der Waals surface area (Å²) in [6, 6.07) is 0. The smallest absolute Gasteiger partial charge is 0.303 e. The number of carbonyl (C=O) groups excluding carboxylic acids is 4. The molecule has 0 radical (unpaired) electrons. The van der Waals surface area contributed by atoms with Gasteiger partial charge < -0.3 is 24.1 Å². The number of aliphatic hydroxyl groups is 1. The van der Waals surface area contributed by atoms with Crippen LogP contribution in [0.2, 0.25) is 0 Å². The second-order valence-corrected chi connectivity index (χ2v) is 19.4. The van der Waals surface area contributed by atoms with Gasteiger partial charge in [0, 0.05) is 32.6 Å². The Labute approximate surface area is 315 Å². The zero-order chi connectivity index (χ0) is 39.1. The molecule has 15 atom stereocenters. The van der Waals surface area contributed by atoms with E-state index >= 15 is 0 Å². The number of fused-ring (bicyclic) bond motifs is 7. The van der Waals surface area contributed by atoms with Crippen LogP contribution in [-0.2, 0) is 38.1 Å². The summed E-state index contributed by atoms with van der Waals surface area (Å²) in [4.78, 5) is 50.1. The normalized spacial score (nSPS) is 46.6. The monoisotopic (exact) mass is 744 g/mol. The number of allylic oxidation sites excluding steroid dienone is 2. The standard InChI is InChI=1S/C43H65FO9/c1-23-13-18-43(21-29(48)35-37(51-26(4)46)38(52-27(5)47)36(50-25(3)45)30(22-44)53-35)20-19-41(9)28(34(43)24(23)2)11-12-32-40(8)16-15-33(49)39(6,7)31(40)14-17-42(32,41)10/h11,23-24,29-32,34-38,48H,12-22H2,1-10H3/t23-,24+,29-,30?,31?,32?,34?,35+,36-,37?,38+,40+,41-,42-,43-/m1/s1. The lowest BCUT2D eigenvalue weighted by Gasteiger charge is -2.71. The summed E-state index contributed by atoms with van der Waals surface area (Å²) < 4.78 is 37.6. The number of rotatable bonds is 7. The Bertz CT molecular complexity index is 1510. The number of halogens is 1. The number of ketones is 1. The first-order chi connectivity index (χ1) is 24.7. The van der Waals surface area contributed by atoms with Gasteiger partial charge in [-0.1, -0.05) is 60.1 Å². The number of alkyl halides is 1. The minimum Gasteiger partial charge on any atom is -0.456 e. The Morgan fingerprint density at radius 3 is 2.11 bits per heavy atom. The zero-order valence-corrected chi connectivity index (χ0v) is 33.8. The van der Waals surface area contributed by atoms with E-state index in [1.165, 1.54) is 19.4 Å². The average Bonchev–Trinajstić information content (AvgIpc) is 3.06. The fourth-order valence-electron chi connectivity index (χ4n) is 13.7. The van der Waals surface area contributed by atoms with E-state index in [2.05, 4.69) is 54.5 Å². The van der Waals surface area contributed by atoms with E-state index in [-0.39, 0.29) is 33.0 Å². The summed E-state index contributed by atoms with van der Waals surface area (Å²) in [5, 5.41) is 12.3. The fraction of sp³-hybridized carbons (Fsp3) is 0.860. The number of hydrogen-bond donors (Lipinski definition) is 1. The zero-order valence-electron chi connectivity index (χ0n) is 33.8. The number of esters is 3. The number of ether oxygens (including phenoxy) is 4. The van der Waals surface area contributed by atoms with Gasteiger partial charge in [0.15, 0.2) is 18.3 Å². The lowest BCUT2D eigenvalue weighted by molar-refractivity contribution is -0.265. The van der Waals surface area contributed by atoms with Gasteiger partial charge in [-0.25, -0.2) is 4.39 Å². The van der Waals surface area contributed by atoms with Gasteiger partial charge in [0.2, 0.25) is 0 Å². The maximum atomic E-state index is 14.7. The molecule has 0 amide bonds. The SMILES string of the molecule is CC(=O)OC1[C@H]([C@H](O)C[C@]23CC[C@@H](C)[C@H](C)C2C2=CCC4[C@@]5(C)CCC(=O)C(C)(C)C5CC[C@@]4(C)[C@]2(C)CC3)OC(CF)[C@@H](OC(C)=O)[C@@H]1OC(C)=O. The van der Waals surface area contributed by atoms with Crippen LogP contribution in [0.3, 0.4) is 0 Å². The summed E-state index contributed by atoms with van der Waals surface area (Å²) in [5.74, 6) is 0.106. The molecule has 5 unspecified atom stereocenters. The maximum Gasteiger partial charge on any atom is 0.303 e. The molecule has 0 aromatic heterocycles. The van der Waals surface area contributed by atoms with Crippen molar-refractivity contribution in [3.8, 4) is 0 Å². The van der Waals surface area contributed by atoms with Gasteiger partial charge in [-0.05, 0) is 109 Å². The second-order valence-electron chi connectivity index (χ2n) is 19.4. The number of hydrogen-bond acceptors (Lipinski definition) is 9. The molecule has 5 aliphatic carbocycles. The lowest BCUT2D eigenvalue weighted by atomic mass is 9.33. The molecule has 298 valence electrons. The highest BCUT2D eigenvalue weighted by molar-refractivity contribution is 5.85. The van der Waals surface area contributed by atoms with Crippen LogP contribution in [0.4, 0.5) is 4.39 Å². The molecule has 9 nitrogen and oxygen atoms in total. The summed E-state index contributed by atoms with van der Waals surface area (Å²) in [6.07, 6.45) is 3.61. The number of Topliss-reactive ketones (excluding diaryl/α,β-unsaturated/α-hetero) is 1. The topological polar surface area (TPSA) is 125 Å². The molecule has 1 N–H and O–H groups in total. The molecule has 6 aliphatic rings. The third kappa shape index (κ3) is 6.32. The van der Waals surface area contributed by atoms with E-state index in [1.54, 1.807) is 0 Å². The Morgan fingerprint density at radius 2 is 1.49 bits per heavy atom. The second kappa shape index (κ2) is 14.0. The third-order valence-corrected chi connectivity index (χ3v) is 16.6. The van der Waals surface area contributed by atoms with Crippen LogP contribution < -0.4 is 0 Å². The summed E-state index contributed by atoms with van der Waals surface area (Å²) in [5.41, 5.74) is 0.970. The van der Waals surface area contributed by atoms with Gasteiger partial charge in [0.1, 0.15) is 24.7 Å². The first kappa shape index (κ1) is 40.3. The Balaban J connectivity index is 1.37. The quantitative estimate of drug-likeness (QED) is 0.160. The van der Waals surface area contributed by atoms with Gasteiger partial charge >= 0.3 is 17.9 Å². The van der Waals surface area contributed by atoms with Gasteiger partial charge in [0.05, 0.1) is 6.10 Å². The molecule has 5 fully saturated rings. The summed E-state index contributed by atoms with van der Waals surface area (Å²) in [7, 11) is 0. The van der Waals surface area contributed by atoms with Crippen LogP contribution >= 0.6 is 0 Å². The van der Waals surface area contributed by atoms with Gasteiger partial charge in [-0.15, -0.1) is 0 Å². The fourth-order valence-corrected chi connectivity index (χ4v) is 13.7. The van der Waals surface area contributed by atoms with Crippen LogP contribution in [0, 0.1) is 56.7 Å². The molecule has 4 saturated carbocycles. The molecular weight excluding hydrogens is 679 g/mol. The van der Waals surface area contributed by atoms with Gasteiger partial charge in [-0.2, -0.15) is 0 Å². The molecule has 0 spiro atoms. The van der Waals surface area contributed by atoms with E-state index < -0.39 is 61.2 Å². The molecule has 6 rings (SSSR count). The maximum absolute atomic E-state index is 14.7. The van der Waals surface area contributed by atoms with Gasteiger partial charge in [0.25, 0.3) is 0 Å². The van der Waals surface area contributed by atoms with Crippen LogP contribution in [0.5, 0.6) is 0 Å². The van der Waals surface area contributed by atoms with E-state index in [0.717, 1.165) is 58.3 Å². The van der Waals surface area contributed by atoms with E-state index in [9.17, 15) is 28.7 Å². The van der Waals surface area contributed by atoms with Crippen molar-refractivity contribution >= 4 is 23.7 Å². The highest BCUT2D eigenvalue weighted by Gasteiger charge is 2.69. The minimum atomic E-state index is -1.36. The summed E-state index contributed by atoms with van der Waals surface area (Å²) >= 11 is 0. The first-order valence-corrected chi connectivity index (χ1v) is 20.3. The van der Waals surface area contributed by atoms with E-state index in [4.69, 9.17) is 18.9 Å². The third-order valence-electron chi connectivity index (χ3n) is 16.6. The van der Waals surface area contributed by atoms with Crippen molar-refractivity contribution in [1.29, 1.82) is 0 Å². The molecule has 0 aromatic rings. The Hall–Kier alpha value is -2.33. The molecule has 10 heteroatoms. The highest BCUT2D eigenvalue weighted by atomic mass is 19.1. The van der Waals surface area contributed by atoms with Crippen LogP contribution in [-0.4, -0.2) is 72.1 Å². The van der Waals surface area contributed by atoms with Crippen LogP contribution in [0.1, 0.15) is 133 Å². The van der Waals surface area contributed by atoms with Crippen molar-refractivity contribution in [2.24, 2.45) is 56.7 Å². The van der Waals surface area contributed by atoms with E-state index in [0.29, 0.717) is 42.3 Å². The van der Waals surface area contributed by atoms with Crippen molar-refractivity contribution < 1.29 is 47.6 Å². The van der Waals surface area contributed by atoms with Gasteiger partial charge in [-0.3, -0.25) is 19.2 Å². The lowest BCUT2D eigenvalue weighted by Crippen LogP contribution is -2.66. The minimum absolute atomic E-state index is 0.0498. The first-order valence-electron chi connectivity index (χ1n) is 20.3. The molecule has 53 heavy (non-hydrogen) atoms. The predicted octanol–water partition coefficient (Wildman–Crippen LogP) is 7.50. The van der Waals surface area contributed by atoms with Crippen LogP contribution in [0.15, 0.2) is 11.6 Å². The van der Waals surface area contributed by atoms with Crippen molar-refractivity contribution in [2.45, 2.75) is 170 Å². The van der Waals surface area contributed by atoms with E-state index in [1.807, 2.05) is 0 Å². The number of carbonyl (C=O) groups is 4. The van der Waals surface area contributed by atoms with Crippen LogP contribution in [0.25, 0.3) is 0 Å². The van der Waals surface area contributed by atoms with Crippen molar-refractivity contribution in [1.82, 2.24) is 0 Å². The summed E-state index contributed by atoms with van der Waals surface area (Å²) in [6.45, 7) is 19.1. The molecule has 0 bridgehead atoms. The van der Waals surface area contributed by atoms with Crippen molar-refractivity contribution in [2.75, 3.05) is 6.67 Å². The molecule has 1 aliphatic heterocycles.